The molecule has 1 saturated carbocycles. The van der Waals surface area contributed by atoms with E-state index in [1.165, 1.54) is 18.5 Å². The van der Waals surface area contributed by atoms with Crippen LogP contribution in [0.1, 0.15) is 59.6 Å². The first-order valence-electron chi connectivity index (χ1n) is 9.72. The zero-order valence-electron chi connectivity index (χ0n) is 16.5. The summed E-state index contributed by atoms with van der Waals surface area (Å²) in [6, 6.07) is 3.70. The van der Waals surface area contributed by atoms with E-state index < -0.39 is 17.6 Å². The second-order valence-corrected chi connectivity index (χ2v) is 7.60. The third-order valence-corrected chi connectivity index (χ3v) is 5.54. The van der Waals surface area contributed by atoms with Gasteiger partial charge in [-0.2, -0.15) is 0 Å². The third kappa shape index (κ3) is 4.62. The largest absolute Gasteiger partial charge is 0.364 e. The molecule has 1 aromatic carbocycles. The third-order valence-electron chi connectivity index (χ3n) is 5.23. The second kappa shape index (κ2) is 9.25. The van der Waals surface area contributed by atoms with Crippen LogP contribution in [0.3, 0.4) is 0 Å². The summed E-state index contributed by atoms with van der Waals surface area (Å²) in [6.07, 6.45) is 3.82. The number of aromatic nitrogens is 2. The molecule has 2 aromatic rings. The van der Waals surface area contributed by atoms with Gasteiger partial charge in [0.2, 0.25) is 5.91 Å². The molecule has 1 heterocycles. The number of carbonyl (C=O) groups excluding carboxylic acids is 3. The van der Waals surface area contributed by atoms with E-state index >= 15 is 0 Å². The fourth-order valence-corrected chi connectivity index (χ4v) is 3.95. The van der Waals surface area contributed by atoms with Gasteiger partial charge in [-0.25, -0.2) is 9.37 Å². The van der Waals surface area contributed by atoms with Crippen molar-refractivity contribution in [1.29, 1.82) is 0 Å². The van der Waals surface area contributed by atoms with Gasteiger partial charge in [-0.05, 0) is 50.8 Å². The minimum Gasteiger partial charge on any atom is -0.364 e. The van der Waals surface area contributed by atoms with Crippen molar-refractivity contribution in [2.75, 3.05) is 11.9 Å². The number of primary amides is 1. The number of imidazole rings is 1. The number of nitrogens with two attached hydrogens (primary N) is 1. The molecule has 0 atom stereocenters. The summed E-state index contributed by atoms with van der Waals surface area (Å²) in [5, 5.41) is 5.50. The Balaban J connectivity index is 1.67. The fraction of sp³-hybridized carbons (Fsp3) is 0.400. The summed E-state index contributed by atoms with van der Waals surface area (Å²) in [6.45, 7) is 2.17. The van der Waals surface area contributed by atoms with E-state index in [1.54, 1.807) is 11.5 Å². The number of hydrogen-bond donors (Lipinski definition) is 3. The lowest BCUT2D eigenvalue weighted by molar-refractivity contribution is -0.121. The number of halogens is 2. The van der Waals surface area contributed by atoms with Crippen LogP contribution in [0.5, 0.6) is 0 Å². The average molecular weight is 436 g/mol. The van der Waals surface area contributed by atoms with Crippen molar-refractivity contribution in [3.8, 4) is 0 Å². The van der Waals surface area contributed by atoms with Crippen molar-refractivity contribution in [2.24, 2.45) is 11.7 Å². The van der Waals surface area contributed by atoms with Crippen molar-refractivity contribution in [2.45, 2.75) is 38.6 Å². The number of nitrogens with zero attached hydrogens (tertiary/aromatic N) is 2. The topological polar surface area (TPSA) is 119 Å². The van der Waals surface area contributed by atoms with Crippen LogP contribution in [0.15, 0.2) is 24.5 Å². The van der Waals surface area contributed by atoms with E-state index in [0.29, 0.717) is 37.9 Å². The number of amides is 3. The molecule has 8 nitrogen and oxygen atoms in total. The van der Waals surface area contributed by atoms with Crippen molar-refractivity contribution in [3.05, 3.63) is 46.8 Å². The lowest BCUT2D eigenvalue weighted by atomic mass is 9.85. The van der Waals surface area contributed by atoms with Gasteiger partial charge < -0.3 is 20.9 Å². The Morgan fingerprint density at radius 2 is 1.97 bits per heavy atom. The van der Waals surface area contributed by atoms with Crippen molar-refractivity contribution in [3.63, 3.8) is 0 Å². The SMILES string of the molecule is CCNC(=O)c1ncn(C2CCC(C(=O)Nc3ccc(F)cc3Cl)CC2)c1C(N)=O. The summed E-state index contributed by atoms with van der Waals surface area (Å²) in [5.41, 5.74) is 5.95. The zero-order chi connectivity index (χ0) is 21.8. The Labute approximate surface area is 178 Å². The van der Waals surface area contributed by atoms with Gasteiger partial charge in [-0.1, -0.05) is 11.6 Å². The van der Waals surface area contributed by atoms with Crippen molar-refractivity contribution < 1.29 is 18.8 Å². The summed E-state index contributed by atoms with van der Waals surface area (Å²) in [7, 11) is 0. The van der Waals surface area contributed by atoms with E-state index in [2.05, 4.69) is 15.6 Å². The number of hydrogen-bond acceptors (Lipinski definition) is 4. The van der Waals surface area contributed by atoms with Crippen LogP contribution in [0.4, 0.5) is 10.1 Å². The quantitative estimate of drug-likeness (QED) is 0.646. The first kappa shape index (κ1) is 21.8. The van der Waals surface area contributed by atoms with Crippen LogP contribution < -0.4 is 16.4 Å². The monoisotopic (exact) mass is 435 g/mol. The van der Waals surface area contributed by atoms with Gasteiger partial charge in [-0.3, -0.25) is 14.4 Å². The summed E-state index contributed by atoms with van der Waals surface area (Å²) >= 11 is 5.97. The molecule has 0 spiro atoms. The average Bonchev–Trinajstić information content (AvgIpc) is 3.16. The summed E-state index contributed by atoms with van der Waals surface area (Å²) < 4.78 is 14.8. The molecule has 0 radical (unpaired) electrons. The molecule has 0 unspecified atom stereocenters. The van der Waals surface area contributed by atoms with Gasteiger partial charge in [0.05, 0.1) is 17.0 Å². The highest BCUT2D eigenvalue weighted by atomic mass is 35.5. The van der Waals surface area contributed by atoms with Crippen molar-refractivity contribution in [1.82, 2.24) is 14.9 Å². The van der Waals surface area contributed by atoms with Gasteiger partial charge in [0.25, 0.3) is 11.8 Å². The van der Waals surface area contributed by atoms with E-state index in [-0.39, 0.29) is 34.3 Å². The predicted molar refractivity (Wildman–Crippen MR) is 110 cm³/mol. The number of anilines is 1. The molecule has 0 aliphatic heterocycles. The van der Waals surface area contributed by atoms with Gasteiger partial charge in [0.1, 0.15) is 11.5 Å². The molecule has 0 bridgehead atoms. The zero-order valence-corrected chi connectivity index (χ0v) is 17.2. The van der Waals surface area contributed by atoms with Gasteiger partial charge in [0.15, 0.2) is 5.69 Å². The summed E-state index contributed by atoms with van der Waals surface area (Å²) in [5.74, 6) is -2.08. The smallest absolute Gasteiger partial charge is 0.272 e. The highest BCUT2D eigenvalue weighted by Gasteiger charge is 2.31. The van der Waals surface area contributed by atoms with Gasteiger partial charge in [0, 0.05) is 18.5 Å². The van der Waals surface area contributed by atoms with Crippen LogP contribution >= 0.6 is 11.6 Å². The van der Waals surface area contributed by atoms with Gasteiger partial charge >= 0.3 is 0 Å². The Kier molecular flexibility index (Phi) is 6.71. The Morgan fingerprint density at radius 3 is 2.57 bits per heavy atom. The molecule has 3 amide bonds. The molecule has 1 aliphatic carbocycles. The van der Waals surface area contributed by atoms with E-state index in [0.717, 1.165) is 6.07 Å². The molecule has 1 fully saturated rings. The predicted octanol–water partition coefficient (Wildman–Crippen LogP) is 2.89. The summed E-state index contributed by atoms with van der Waals surface area (Å²) in [4.78, 5) is 40.8. The Bertz CT molecular complexity index is 969. The van der Waals surface area contributed by atoms with Crippen LogP contribution in [-0.4, -0.2) is 33.8 Å². The highest BCUT2D eigenvalue weighted by molar-refractivity contribution is 6.33. The van der Waals surface area contributed by atoms with Crippen LogP contribution in [0.25, 0.3) is 0 Å². The van der Waals surface area contributed by atoms with Crippen LogP contribution in [0, 0.1) is 11.7 Å². The molecule has 1 aromatic heterocycles. The maximum atomic E-state index is 13.2. The number of rotatable bonds is 6. The maximum Gasteiger partial charge on any atom is 0.272 e. The molecule has 4 N–H and O–H groups in total. The molecule has 1 aliphatic rings. The molecule has 10 heteroatoms. The Hall–Kier alpha value is -2.94. The van der Waals surface area contributed by atoms with Crippen LogP contribution in [-0.2, 0) is 4.79 Å². The standard InChI is InChI=1S/C20H23ClFN5O3/c1-2-24-20(30)16-17(18(23)28)27(10-25-16)13-6-3-11(4-7-13)19(29)26-15-8-5-12(22)9-14(15)21/h5,8-11,13H,2-4,6-7H2,1H3,(H2,23,28)(H,24,30)(H,26,29). The molecule has 30 heavy (non-hydrogen) atoms. The fourth-order valence-electron chi connectivity index (χ4n) is 3.73. The minimum atomic E-state index is -0.723. The van der Waals surface area contributed by atoms with Gasteiger partial charge in [-0.15, -0.1) is 0 Å². The second-order valence-electron chi connectivity index (χ2n) is 7.19. The maximum absolute atomic E-state index is 13.2. The Morgan fingerprint density at radius 1 is 1.27 bits per heavy atom. The lowest BCUT2D eigenvalue weighted by Gasteiger charge is -2.29. The van der Waals surface area contributed by atoms with E-state index in [1.807, 2.05) is 0 Å². The first-order valence-corrected chi connectivity index (χ1v) is 10.1. The molecule has 3 rings (SSSR count). The molecular weight excluding hydrogens is 413 g/mol. The normalized spacial score (nSPS) is 18.6. The lowest BCUT2D eigenvalue weighted by Crippen LogP contribution is -2.31. The first-order chi connectivity index (χ1) is 14.3. The van der Waals surface area contributed by atoms with Crippen molar-refractivity contribution >= 4 is 35.0 Å². The molecule has 0 saturated heterocycles. The van der Waals surface area contributed by atoms with E-state index in [9.17, 15) is 18.8 Å². The molecular formula is C20H23ClFN5O3. The molecule has 160 valence electrons. The van der Waals surface area contributed by atoms with Crippen LogP contribution in [0.2, 0.25) is 5.02 Å². The number of carbonyl (C=O) groups is 3. The highest BCUT2D eigenvalue weighted by Crippen LogP contribution is 2.34. The van der Waals surface area contributed by atoms with E-state index in [4.69, 9.17) is 17.3 Å². The number of benzene rings is 1. The minimum absolute atomic E-state index is 0.00942. The number of nitrogens with one attached hydrogen (secondary N) is 2.